The van der Waals surface area contributed by atoms with Crippen molar-refractivity contribution in [2.75, 3.05) is 29.9 Å². The molecule has 2 aromatic rings. The van der Waals surface area contributed by atoms with Crippen molar-refractivity contribution >= 4 is 17.4 Å². The monoisotopic (exact) mass is 329 g/mol. The van der Waals surface area contributed by atoms with Gasteiger partial charge in [-0.3, -0.25) is 4.79 Å². The van der Waals surface area contributed by atoms with Crippen molar-refractivity contribution in [3.05, 3.63) is 36.1 Å². The van der Waals surface area contributed by atoms with E-state index in [0.29, 0.717) is 17.5 Å². The van der Waals surface area contributed by atoms with Crippen molar-refractivity contribution < 1.29 is 14.1 Å². The summed E-state index contributed by atoms with van der Waals surface area (Å²) in [6.45, 7) is 6.02. The minimum absolute atomic E-state index is 0.0632. The molecule has 128 valence electrons. The van der Waals surface area contributed by atoms with Crippen LogP contribution in [0.5, 0.6) is 5.75 Å². The van der Waals surface area contributed by atoms with Gasteiger partial charge in [0.1, 0.15) is 11.5 Å². The van der Waals surface area contributed by atoms with E-state index in [0.717, 1.165) is 24.5 Å². The standard InChI is InChI=1S/C18H23N3O3/c1-13-6-5-9-21(11-13)15-7-3-4-8-16(15)23-12-18(22)19-17-10-14(2)24-20-17/h3-4,7-8,10,13H,5-6,9,11-12H2,1-2H3,(H,19,20,22). The SMILES string of the molecule is Cc1cc(NC(=O)COc2ccccc2N2CCCC(C)C2)no1. The number of hydrogen-bond donors (Lipinski definition) is 1. The number of para-hydroxylation sites is 2. The van der Waals surface area contributed by atoms with Gasteiger partial charge in [-0.25, -0.2) is 0 Å². The second-order valence-electron chi connectivity index (χ2n) is 6.32. The number of carbonyl (C=O) groups excluding carboxylic acids is 1. The second-order valence-corrected chi connectivity index (χ2v) is 6.32. The van der Waals surface area contributed by atoms with Crippen LogP contribution in [0.3, 0.4) is 0 Å². The highest BCUT2D eigenvalue weighted by atomic mass is 16.5. The normalized spacial score (nSPS) is 17.6. The van der Waals surface area contributed by atoms with Gasteiger partial charge < -0.3 is 19.5 Å². The molecule has 24 heavy (non-hydrogen) atoms. The molecule has 0 aliphatic carbocycles. The molecule has 1 aromatic carbocycles. The predicted octanol–water partition coefficient (Wildman–Crippen LogP) is 3.24. The number of hydrogen-bond acceptors (Lipinski definition) is 5. The molecule has 0 radical (unpaired) electrons. The minimum atomic E-state index is -0.259. The Morgan fingerprint density at radius 3 is 3.04 bits per heavy atom. The van der Waals surface area contributed by atoms with E-state index >= 15 is 0 Å². The Balaban J connectivity index is 1.61. The van der Waals surface area contributed by atoms with E-state index in [4.69, 9.17) is 9.26 Å². The number of piperidine rings is 1. The van der Waals surface area contributed by atoms with E-state index < -0.39 is 0 Å². The van der Waals surface area contributed by atoms with E-state index in [2.05, 4.69) is 22.3 Å². The largest absolute Gasteiger partial charge is 0.482 e. The van der Waals surface area contributed by atoms with Gasteiger partial charge in [0.2, 0.25) is 0 Å². The second kappa shape index (κ2) is 7.38. The van der Waals surface area contributed by atoms with Crippen molar-refractivity contribution in [1.29, 1.82) is 0 Å². The quantitative estimate of drug-likeness (QED) is 0.912. The number of amides is 1. The van der Waals surface area contributed by atoms with Crippen LogP contribution in [0, 0.1) is 12.8 Å². The summed E-state index contributed by atoms with van der Waals surface area (Å²) in [5.41, 5.74) is 1.05. The molecule has 1 saturated heterocycles. The fourth-order valence-electron chi connectivity index (χ4n) is 3.00. The van der Waals surface area contributed by atoms with Gasteiger partial charge in [0, 0.05) is 19.2 Å². The van der Waals surface area contributed by atoms with E-state index in [-0.39, 0.29) is 12.5 Å². The number of aromatic nitrogens is 1. The Kier molecular flexibility index (Phi) is 5.03. The molecule has 1 N–H and O–H groups in total. The Bertz CT molecular complexity index is 698. The third kappa shape index (κ3) is 4.07. The number of rotatable bonds is 5. The first-order valence-electron chi connectivity index (χ1n) is 8.32. The molecule has 6 nitrogen and oxygen atoms in total. The highest BCUT2D eigenvalue weighted by molar-refractivity contribution is 5.91. The fraction of sp³-hybridized carbons (Fsp3) is 0.444. The highest BCUT2D eigenvalue weighted by Crippen LogP contribution is 2.31. The molecular weight excluding hydrogens is 306 g/mol. The first-order valence-corrected chi connectivity index (χ1v) is 8.32. The van der Waals surface area contributed by atoms with E-state index in [1.165, 1.54) is 12.8 Å². The van der Waals surface area contributed by atoms with Crippen molar-refractivity contribution in [1.82, 2.24) is 5.16 Å². The summed E-state index contributed by atoms with van der Waals surface area (Å²) in [5.74, 6) is 2.20. The molecular formula is C18H23N3O3. The molecule has 6 heteroatoms. The van der Waals surface area contributed by atoms with E-state index in [1.807, 2.05) is 24.3 Å². The number of nitrogens with zero attached hydrogens (tertiary/aromatic N) is 2. The van der Waals surface area contributed by atoms with Gasteiger partial charge in [-0.2, -0.15) is 0 Å². The molecule has 0 spiro atoms. The van der Waals surface area contributed by atoms with Gasteiger partial charge in [0.25, 0.3) is 5.91 Å². The maximum absolute atomic E-state index is 12.0. The average molecular weight is 329 g/mol. The van der Waals surface area contributed by atoms with E-state index in [9.17, 15) is 4.79 Å². The molecule has 0 bridgehead atoms. The Morgan fingerprint density at radius 2 is 2.29 bits per heavy atom. The Hall–Kier alpha value is -2.50. The fourth-order valence-corrected chi connectivity index (χ4v) is 3.00. The Labute approximate surface area is 141 Å². The number of nitrogens with one attached hydrogen (secondary N) is 1. The maximum Gasteiger partial charge on any atom is 0.263 e. The molecule has 1 unspecified atom stereocenters. The summed E-state index contributed by atoms with van der Waals surface area (Å²) in [6, 6.07) is 9.54. The number of anilines is 2. The lowest BCUT2D eigenvalue weighted by atomic mass is 9.99. The average Bonchev–Trinajstić information content (AvgIpc) is 2.98. The summed E-state index contributed by atoms with van der Waals surface area (Å²) in [7, 11) is 0. The summed E-state index contributed by atoms with van der Waals surface area (Å²) < 4.78 is 10.7. The zero-order chi connectivity index (χ0) is 16.9. The smallest absolute Gasteiger partial charge is 0.263 e. The summed E-state index contributed by atoms with van der Waals surface area (Å²) in [4.78, 5) is 14.3. The summed E-state index contributed by atoms with van der Waals surface area (Å²) in [5, 5.41) is 6.40. The number of aryl methyl sites for hydroxylation is 1. The highest BCUT2D eigenvalue weighted by Gasteiger charge is 2.19. The molecule has 1 aromatic heterocycles. The van der Waals surface area contributed by atoms with Gasteiger partial charge in [0.15, 0.2) is 12.4 Å². The van der Waals surface area contributed by atoms with Gasteiger partial charge in [-0.05, 0) is 37.8 Å². The van der Waals surface area contributed by atoms with Gasteiger partial charge in [-0.1, -0.05) is 24.2 Å². The van der Waals surface area contributed by atoms with Crippen LogP contribution in [0.4, 0.5) is 11.5 Å². The van der Waals surface area contributed by atoms with Crippen molar-refractivity contribution in [2.45, 2.75) is 26.7 Å². The zero-order valence-electron chi connectivity index (χ0n) is 14.1. The number of benzene rings is 1. The first-order chi connectivity index (χ1) is 11.6. The van der Waals surface area contributed by atoms with Crippen LogP contribution >= 0.6 is 0 Å². The first kappa shape index (κ1) is 16.4. The van der Waals surface area contributed by atoms with Crippen LogP contribution in [0.15, 0.2) is 34.9 Å². The van der Waals surface area contributed by atoms with Crippen LogP contribution in [0.25, 0.3) is 0 Å². The molecule has 1 atom stereocenters. The molecule has 1 aliphatic heterocycles. The van der Waals surface area contributed by atoms with Gasteiger partial charge >= 0.3 is 0 Å². The molecule has 1 aliphatic rings. The van der Waals surface area contributed by atoms with Crippen molar-refractivity contribution in [2.24, 2.45) is 5.92 Å². The third-order valence-corrected chi connectivity index (χ3v) is 4.12. The molecule has 0 saturated carbocycles. The lowest BCUT2D eigenvalue weighted by Gasteiger charge is -2.33. The Morgan fingerprint density at radius 1 is 1.46 bits per heavy atom. The van der Waals surface area contributed by atoms with Crippen molar-refractivity contribution in [3.63, 3.8) is 0 Å². The topological polar surface area (TPSA) is 67.6 Å². The molecule has 3 rings (SSSR count). The number of carbonyl (C=O) groups is 1. The van der Waals surface area contributed by atoms with Crippen LogP contribution in [0.1, 0.15) is 25.5 Å². The van der Waals surface area contributed by atoms with Crippen LogP contribution < -0.4 is 15.0 Å². The molecule has 1 fully saturated rings. The molecule has 1 amide bonds. The van der Waals surface area contributed by atoms with Crippen LogP contribution in [-0.4, -0.2) is 30.8 Å². The third-order valence-electron chi connectivity index (χ3n) is 4.12. The van der Waals surface area contributed by atoms with Gasteiger partial charge in [0.05, 0.1) is 5.69 Å². The van der Waals surface area contributed by atoms with Gasteiger partial charge in [-0.15, -0.1) is 0 Å². The lowest BCUT2D eigenvalue weighted by Crippen LogP contribution is -2.34. The zero-order valence-corrected chi connectivity index (χ0v) is 14.1. The minimum Gasteiger partial charge on any atom is -0.482 e. The summed E-state index contributed by atoms with van der Waals surface area (Å²) in [6.07, 6.45) is 2.44. The summed E-state index contributed by atoms with van der Waals surface area (Å²) >= 11 is 0. The van der Waals surface area contributed by atoms with Crippen LogP contribution in [0.2, 0.25) is 0 Å². The number of ether oxygens (including phenoxy) is 1. The predicted molar refractivity (Wildman–Crippen MR) is 92.4 cm³/mol. The van der Waals surface area contributed by atoms with Crippen LogP contribution in [-0.2, 0) is 4.79 Å². The van der Waals surface area contributed by atoms with E-state index in [1.54, 1.807) is 13.0 Å². The lowest BCUT2D eigenvalue weighted by molar-refractivity contribution is -0.118. The van der Waals surface area contributed by atoms with Crippen molar-refractivity contribution in [3.8, 4) is 5.75 Å². The maximum atomic E-state index is 12.0. The molecule has 2 heterocycles.